The molecule has 1 N–H and O–H groups in total. The van der Waals surface area contributed by atoms with Gasteiger partial charge in [-0.05, 0) is 20.3 Å². The SMILES string of the molecule is CCc1nccn1CCCNc1nc(C)nc2c1c(C)nn2C. The Morgan fingerprint density at radius 1 is 1.22 bits per heavy atom. The van der Waals surface area contributed by atoms with Gasteiger partial charge in [-0.15, -0.1) is 0 Å². The van der Waals surface area contributed by atoms with E-state index in [2.05, 4.69) is 36.9 Å². The predicted octanol–water partition coefficient (Wildman–Crippen LogP) is 2.24. The van der Waals surface area contributed by atoms with Gasteiger partial charge in [0.05, 0.1) is 11.1 Å². The average Bonchev–Trinajstić information content (AvgIpc) is 3.08. The molecule has 0 aliphatic rings. The van der Waals surface area contributed by atoms with Crippen LogP contribution in [0.1, 0.15) is 30.7 Å². The molecule has 0 spiro atoms. The predicted molar refractivity (Wildman–Crippen MR) is 90.5 cm³/mol. The topological polar surface area (TPSA) is 73.5 Å². The third-order valence-corrected chi connectivity index (χ3v) is 3.96. The molecule has 23 heavy (non-hydrogen) atoms. The molecule has 0 atom stereocenters. The molecular weight excluding hydrogens is 290 g/mol. The highest BCUT2D eigenvalue weighted by Gasteiger charge is 2.13. The lowest BCUT2D eigenvalue weighted by atomic mass is 10.3. The van der Waals surface area contributed by atoms with Crippen LogP contribution in [-0.4, -0.2) is 35.8 Å². The van der Waals surface area contributed by atoms with Crippen LogP contribution in [0.5, 0.6) is 0 Å². The second-order valence-electron chi connectivity index (χ2n) is 5.70. The summed E-state index contributed by atoms with van der Waals surface area (Å²) in [6.45, 7) is 7.83. The number of nitrogens with one attached hydrogen (secondary N) is 1. The van der Waals surface area contributed by atoms with E-state index in [0.29, 0.717) is 0 Å². The zero-order valence-electron chi connectivity index (χ0n) is 14.2. The molecule has 0 radical (unpaired) electrons. The summed E-state index contributed by atoms with van der Waals surface area (Å²) in [5, 5.41) is 8.90. The Morgan fingerprint density at radius 3 is 2.83 bits per heavy atom. The van der Waals surface area contributed by atoms with Crippen molar-refractivity contribution in [1.82, 2.24) is 29.3 Å². The smallest absolute Gasteiger partial charge is 0.163 e. The van der Waals surface area contributed by atoms with Gasteiger partial charge in [-0.2, -0.15) is 5.10 Å². The largest absolute Gasteiger partial charge is 0.369 e. The quantitative estimate of drug-likeness (QED) is 0.707. The number of anilines is 1. The minimum absolute atomic E-state index is 0.755. The van der Waals surface area contributed by atoms with E-state index in [-0.39, 0.29) is 0 Å². The van der Waals surface area contributed by atoms with Crippen LogP contribution in [-0.2, 0) is 20.0 Å². The van der Waals surface area contributed by atoms with E-state index < -0.39 is 0 Å². The van der Waals surface area contributed by atoms with Gasteiger partial charge >= 0.3 is 0 Å². The molecule has 0 bridgehead atoms. The maximum atomic E-state index is 4.55. The molecule has 7 nitrogen and oxygen atoms in total. The Morgan fingerprint density at radius 2 is 2.04 bits per heavy atom. The van der Waals surface area contributed by atoms with E-state index in [1.165, 1.54) is 0 Å². The lowest BCUT2D eigenvalue weighted by molar-refractivity contribution is 0.629. The molecule has 3 rings (SSSR count). The Labute approximate surface area is 135 Å². The van der Waals surface area contributed by atoms with Gasteiger partial charge < -0.3 is 9.88 Å². The van der Waals surface area contributed by atoms with Gasteiger partial charge in [-0.3, -0.25) is 4.68 Å². The standard InChI is InChI=1S/C16H23N7/c1-5-13-17-8-10-23(13)9-6-7-18-15-14-11(2)21-22(4)16(14)20-12(3)19-15/h8,10H,5-7,9H2,1-4H3,(H,18,19,20). The summed E-state index contributed by atoms with van der Waals surface area (Å²) in [5.41, 5.74) is 1.83. The highest BCUT2D eigenvalue weighted by molar-refractivity contribution is 5.89. The molecule has 0 amide bonds. The number of hydrogen-bond acceptors (Lipinski definition) is 5. The Hall–Kier alpha value is -2.44. The van der Waals surface area contributed by atoms with Crippen molar-refractivity contribution < 1.29 is 0 Å². The monoisotopic (exact) mass is 313 g/mol. The lowest BCUT2D eigenvalue weighted by Gasteiger charge is -2.10. The molecule has 122 valence electrons. The van der Waals surface area contributed by atoms with Crippen molar-refractivity contribution in [3.8, 4) is 0 Å². The molecule has 0 aromatic carbocycles. The van der Waals surface area contributed by atoms with Crippen LogP contribution in [0.4, 0.5) is 5.82 Å². The fraction of sp³-hybridized carbons (Fsp3) is 0.500. The number of nitrogens with zero attached hydrogens (tertiary/aromatic N) is 6. The van der Waals surface area contributed by atoms with Crippen molar-refractivity contribution in [3.05, 3.63) is 29.7 Å². The van der Waals surface area contributed by atoms with E-state index in [1.54, 1.807) is 0 Å². The average molecular weight is 313 g/mol. The molecule has 0 saturated carbocycles. The van der Waals surface area contributed by atoms with E-state index in [4.69, 9.17) is 0 Å². The van der Waals surface area contributed by atoms with Gasteiger partial charge in [-0.25, -0.2) is 15.0 Å². The first-order valence-electron chi connectivity index (χ1n) is 8.02. The van der Waals surface area contributed by atoms with Crippen LogP contribution in [0, 0.1) is 13.8 Å². The van der Waals surface area contributed by atoms with E-state index >= 15 is 0 Å². The zero-order valence-corrected chi connectivity index (χ0v) is 14.2. The summed E-state index contributed by atoms with van der Waals surface area (Å²) >= 11 is 0. The van der Waals surface area contributed by atoms with Gasteiger partial charge in [0.15, 0.2) is 5.65 Å². The molecule has 3 heterocycles. The van der Waals surface area contributed by atoms with Crippen LogP contribution >= 0.6 is 0 Å². The molecule has 0 aliphatic carbocycles. The van der Waals surface area contributed by atoms with Crippen molar-refractivity contribution in [2.75, 3.05) is 11.9 Å². The number of imidazole rings is 1. The summed E-state index contributed by atoms with van der Waals surface area (Å²) in [6.07, 6.45) is 5.87. The van der Waals surface area contributed by atoms with Crippen molar-refractivity contribution in [1.29, 1.82) is 0 Å². The summed E-state index contributed by atoms with van der Waals surface area (Å²) < 4.78 is 4.02. The third kappa shape index (κ3) is 3.04. The first-order chi connectivity index (χ1) is 11.1. The fourth-order valence-corrected chi connectivity index (χ4v) is 2.89. The fourth-order valence-electron chi connectivity index (χ4n) is 2.89. The third-order valence-electron chi connectivity index (χ3n) is 3.96. The number of aromatic nitrogens is 6. The van der Waals surface area contributed by atoms with Crippen molar-refractivity contribution in [2.24, 2.45) is 7.05 Å². The first kappa shape index (κ1) is 15.5. The molecule has 0 unspecified atom stereocenters. The normalized spacial score (nSPS) is 11.3. The van der Waals surface area contributed by atoms with E-state index in [0.717, 1.165) is 60.1 Å². The number of hydrogen-bond donors (Lipinski definition) is 1. The van der Waals surface area contributed by atoms with E-state index in [1.807, 2.05) is 38.0 Å². The maximum absolute atomic E-state index is 4.55. The molecule has 3 aromatic rings. The van der Waals surface area contributed by atoms with Gasteiger partial charge in [0.2, 0.25) is 0 Å². The van der Waals surface area contributed by atoms with Gasteiger partial charge in [0.25, 0.3) is 0 Å². The van der Waals surface area contributed by atoms with Crippen molar-refractivity contribution >= 4 is 16.9 Å². The van der Waals surface area contributed by atoms with E-state index in [9.17, 15) is 0 Å². The summed E-state index contributed by atoms with van der Waals surface area (Å²) in [7, 11) is 1.91. The molecular formula is C16H23N7. The van der Waals surface area contributed by atoms with Gasteiger partial charge in [0, 0.05) is 39.0 Å². The number of aryl methyl sites for hydroxylation is 5. The Bertz CT molecular complexity index is 815. The number of fused-ring (bicyclic) bond motifs is 1. The summed E-state index contributed by atoms with van der Waals surface area (Å²) in [6, 6.07) is 0. The van der Waals surface area contributed by atoms with Crippen LogP contribution in [0.15, 0.2) is 12.4 Å². The first-order valence-corrected chi connectivity index (χ1v) is 8.02. The second kappa shape index (κ2) is 6.36. The Balaban J connectivity index is 1.70. The van der Waals surface area contributed by atoms with Crippen LogP contribution in [0.3, 0.4) is 0 Å². The maximum Gasteiger partial charge on any atom is 0.163 e. The lowest BCUT2D eigenvalue weighted by Crippen LogP contribution is -2.10. The minimum atomic E-state index is 0.755. The van der Waals surface area contributed by atoms with Crippen LogP contribution in [0.25, 0.3) is 11.0 Å². The molecule has 0 saturated heterocycles. The summed E-state index contributed by atoms with van der Waals surface area (Å²) in [5.74, 6) is 2.76. The molecule has 3 aromatic heterocycles. The van der Waals surface area contributed by atoms with Crippen LogP contribution in [0.2, 0.25) is 0 Å². The molecule has 0 aliphatic heterocycles. The minimum Gasteiger partial charge on any atom is -0.369 e. The van der Waals surface area contributed by atoms with Crippen LogP contribution < -0.4 is 5.32 Å². The highest BCUT2D eigenvalue weighted by Crippen LogP contribution is 2.23. The Kier molecular flexibility index (Phi) is 4.27. The number of rotatable bonds is 6. The second-order valence-corrected chi connectivity index (χ2v) is 5.70. The zero-order chi connectivity index (χ0) is 16.4. The molecule has 7 heteroatoms. The molecule has 0 fully saturated rings. The van der Waals surface area contributed by atoms with Crippen molar-refractivity contribution in [2.45, 2.75) is 40.2 Å². The van der Waals surface area contributed by atoms with Gasteiger partial charge in [0.1, 0.15) is 17.5 Å². The highest BCUT2D eigenvalue weighted by atomic mass is 15.3. The van der Waals surface area contributed by atoms with Crippen molar-refractivity contribution in [3.63, 3.8) is 0 Å². The summed E-state index contributed by atoms with van der Waals surface area (Å²) in [4.78, 5) is 13.4. The van der Waals surface area contributed by atoms with Gasteiger partial charge in [-0.1, -0.05) is 6.92 Å².